The normalized spacial score (nSPS) is 11.0. The number of nitrogens with zero attached hydrogens (tertiary/aromatic N) is 4. The van der Waals surface area contributed by atoms with Crippen molar-refractivity contribution in [2.45, 2.75) is 13.0 Å². The number of ether oxygens (including phenoxy) is 1. The molecule has 4 aromatic rings. The molecule has 0 saturated carbocycles. The lowest BCUT2D eigenvalue weighted by Crippen LogP contribution is -2.21. The van der Waals surface area contributed by atoms with Gasteiger partial charge in [-0.2, -0.15) is 4.98 Å². The van der Waals surface area contributed by atoms with E-state index in [1.165, 1.54) is 0 Å². The first-order valence-electron chi connectivity index (χ1n) is 8.16. The van der Waals surface area contributed by atoms with Crippen LogP contribution in [0.15, 0.2) is 64.2 Å². The van der Waals surface area contributed by atoms with Gasteiger partial charge >= 0.3 is 0 Å². The van der Waals surface area contributed by atoms with E-state index in [1.807, 2.05) is 42.5 Å². The fourth-order valence-electron chi connectivity index (χ4n) is 2.70. The first-order chi connectivity index (χ1) is 12.7. The average Bonchev–Trinajstić information content (AvgIpc) is 3.17. The summed E-state index contributed by atoms with van der Waals surface area (Å²) in [5.74, 6) is 1.74. The third-order valence-electron chi connectivity index (χ3n) is 4.11. The number of hydrogen-bond donors (Lipinski definition) is 0. The number of aryl methyl sites for hydroxylation is 2. The maximum Gasteiger partial charge on any atom is 0.261 e. The van der Waals surface area contributed by atoms with Gasteiger partial charge in [0.2, 0.25) is 11.7 Å². The van der Waals surface area contributed by atoms with Crippen molar-refractivity contribution in [2.24, 2.45) is 0 Å². The minimum atomic E-state index is -0.0782. The Morgan fingerprint density at radius 2 is 1.92 bits per heavy atom. The summed E-state index contributed by atoms with van der Waals surface area (Å²) in [5, 5.41) is 4.59. The van der Waals surface area contributed by atoms with Gasteiger partial charge in [0.25, 0.3) is 5.56 Å². The van der Waals surface area contributed by atoms with Gasteiger partial charge in [0.15, 0.2) is 0 Å². The fraction of sp³-hybridized carbons (Fsp3) is 0.158. The highest BCUT2D eigenvalue weighted by Crippen LogP contribution is 2.19. The van der Waals surface area contributed by atoms with E-state index in [4.69, 9.17) is 9.26 Å². The zero-order valence-electron chi connectivity index (χ0n) is 14.1. The van der Waals surface area contributed by atoms with Gasteiger partial charge in [-0.05, 0) is 36.4 Å². The number of rotatable bonds is 5. The Hall–Kier alpha value is -3.48. The molecule has 7 nitrogen and oxygen atoms in total. The first-order valence-corrected chi connectivity index (χ1v) is 8.16. The molecule has 0 radical (unpaired) electrons. The van der Waals surface area contributed by atoms with Crippen LogP contribution in [0.2, 0.25) is 0 Å². The standard InChI is InChI=1S/C19H16N4O3/c1-25-14-8-6-13(7-9-14)18-21-17(26-22-18)10-11-23-12-20-16-5-3-2-4-15(16)19(23)24/h2-9,12H,10-11H2,1H3. The van der Waals surface area contributed by atoms with E-state index in [0.29, 0.717) is 35.6 Å². The molecular weight excluding hydrogens is 332 g/mol. The summed E-state index contributed by atoms with van der Waals surface area (Å²) in [6.45, 7) is 0.418. The van der Waals surface area contributed by atoms with Crippen LogP contribution in [0.25, 0.3) is 22.3 Å². The number of benzene rings is 2. The molecule has 0 aliphatic rings. The molecule has 26 heavy (non-hydrogen) atoms. The maximum atomic E-state index is 12.5. The molecule has 130 valence electrons. The second kappa shape index (κ2) is 6.79. The highest BCUT2D eigenvalue weighted by molar-refractivity contribution is 5.76. The van der Waals surface area contributed by atoms with Crippen molar-refractivity contribution >= 4 is 10.9 Å². The molecule has 0 fully saturated rings. The van der Waals surface area contributed by atoms with Gasteiger partial charge in [-0.3, -0.25) is 9.36 Å². The molecule has 2 heterocycles. The molecular formula is C19H16N4O3. The second-order valence-corrected chi connectivity index (χ2v) is 5.75. The van der Waals surface area contributed by atoms with E-state index in [1.54, 1.807) is 24.1 Å². The smallest absolute Gasteiger partial charge is 0.261 e. The molecule has 0 N–H and O–H groups in total. The molecule has 2 aromatic heterocycles. The Morgan fingerprint density at radius 3 is 2.73 bits per heavy atom. The van der Waals surface area contributed by atoms with Crippen molar-refractivity contribution < 1.29 is 9.26 Å². The van der Waals surface area contributed by atoms with Gasteiger partial charge in [0, 0.05) is 18.5 Å². The van der Waals surface area contributed by atoms with Crippen molar-refractivity contribution in [3.05, 3.63) is 71.1 Å². The molecule has 0 amide bonds. The summed E-state index contributed by atoms with van der Waals surface area (Å²) in [7, 11) is 1.62. The Bertz CT molecular complexity index is 1100. The summed E-state index contributed by atoms with van der Waals surface area (Å²) < 4.78 is 12.0. The summed E-state index contributed by atoms with van der Waals surface area (Å²) in [6, 6.07) is 14.7. The predicted molar refractivity (Wildman–Crippen MR) is 96.0 cm³/mol. The van der Waals surface area contributed by atoms with Gasteiger partial charge in [0.1, 0.15) is 5.75 Å². The van der Waals surface area contributed by atoms with Crippen molar-refractivity contribution in [2.75, 3.05) is 7.11 Å². The van der Waals surface area contributed by atoms with Crippen LogP contribution in [0, 0.1) is 0 Å². The summed E-state index contributed by atoms with van der Waals surface area (Å²) in [5.41, 5.74) is 1.45. The lowest BCUT2D eigenvalue weighted by Gasteiger charge is -2.04. The van der Waals surface area contributed by atoms with Crippen LogP contribution in [0.4, 0.5) is 0 Å². The molecule has 0 saturated heterocycles. The highest BCUT2D eigenvalue weighted by Gasteiger charge is 2.10. The lowest BCUT2D eigenvalue weighted by molar-refractivity contribution is 0.371. The van der Waals surface area contributed by atoms with Crippen LogP contribution >= 0.6 is 0 Å². The Labute approximate surface area is 148 Å². The van der Waals surface area contributed by atoms with Crippen LogP contribution in [0.3, 0.4) is 0 Å². The van der Waals surface area contributed by atoms with E-state index < -0.39 is 0 Å². The van der Waals surface area contributed by atoms with Crippen LogP contribution in [-0.2, 0) is 13.0 Å². The van der Waals surface area contributed by atoms with Gasteiger partial charge in [0.05, 0.1) is 24.3 Å². The quantitative estimate of drug-likeness (QED) is 0.551. The molecule has 7 heteroatoms. The third kappa shape index (κ3) is 3.06. The van der Waals surface area contributed by atoms with Crippen LogP contribution < -0.4 is 10.3 Å². The summed E-state index contributed by atoms with van der Waals surface area (Å²) in [6.07, 6.45) is 1.99. The van der Waals surface area contributed by atoms with Gasteiger partial charge in [-0.1, -0.05) is 17.3 Å². The SMILES string of the molecule is COc1ccc(-c2noc(CCn3cnc4ccccc4c3=O)n2)cc1. The minimum Gasteiger partial charge on any atom is -0.497 e. The van der Waals surface area contributed by atoms with Crippen molar-refractivity contribution in [3.63, 3.8) is 0 Å². The van der Waals surface area contributed by atoms with Crippen LogP contribution in [-0.4, -0.2) is 26.8 Å². The van der Waals surface area contributed by atoms with Crippen molar-refractivity contribution in [3.8, 4) is 17.1 Å². The molecule has 0 atom stereocenters. The van der Waals surface area contributed by atoms with E-state index in [2.05, 4.69) is 15.1 Å². The number of aromatic nitrogens is 4. The van der Waals surface area contributed by atoms with E-state index in [0.717, 1.165) is 11.3 Å². The van der Waals surface area contributed by atoms with Gasteiger partial charge in [-0.25, -0.2) is 4.98 Å². The number of methoxy groups -OCH3 is 1. The Morgan fingerprint density at radius 1 is 1.12 bits per heavy atom. The molecule has 2 aromatic carbocycles. The van der Waals surface area contributed by atoms with Gasteiger partial charge in [-0.15, -0.1) is 0 Å². The molecule has 0 unspecified atom stereocenters. The topological polar surface area (TPSA) is 83.0 Å². The van der Waals surface area contributed by atoms with Crippen LogP contribution in [0.5, 0.6) is 5.75 Å². The first kappa shape index (κ1) is 16.0. The van der Waals surface area contributed by atoms with E-state index in [9.17, 15) is 4.79 Å². The fourth-order valence-corrected chi connectivity index (χ4v) is 2.70. The molecule has 0 bridgehead atoms. The minimum absolute atomic E-state index is 0.0782. The molecule has 0 aliphatic carbocycles. The monoisotopic (exact) mass is 348 g/mol. The second-order valence-electron chi connectivity index (χ2n) is 5.75. The lowest BCUT2D eigenvalue weighted by atomic mass is 10.2. The van der Waals surface area contributed by atoms with E-state index >= 15 is 0 Å². The molecule has 0 aliphatic heterocycles. The van der Waals surface area contributed by atoms with Crippen molar-refractivity contribution in [1.29, 1.82) is 0 Å². The zero-order chi connectivity index (χ0) is 17.9. The summed E-state index contributed by atoms with van der Waals surface area (Å²) in [4.78, 5) is 21.2. The summed E-state index contributed by atoms with van der Waals surface area (Å²) >= 11 is 0. The molecule has 0 spiro atoms. The molecule has 4 rings (SSSR count). The zero-order valence-corrected chi connectivity index (χ0v) is 14.1. The van der Waals surface area contributed by atoms with E-state index in [-0.39, 0.29) is 5.56 Å². The predicted octanol–water partition coefficient (Wildman–Crippen LogP) is 2.70. The van der Waals surface area contributed by atoms with Crippen molar-refractivity contribution in [1.82, 2.24) is 19.7 Å². The number of para-hydroxylation sites is 1. The van der Waals surface area contributed by atoms with Gasteiger partial charge < -0.3 is 9.26 Å². The average molecular weight is 348 g/mol. The maximum absolute atomic E-state index is 12.5. The van der Waals surface area contributed by atoms with Crippen LogP contribution in [0.1, 0.15) is 5.89 Å². The highest BCUT2D eigenvalue weighted by atomic mass is 16.5. The third-order valence-corrected chi connectivity index (χ3v) is 4.11. The number of hydrogen-bond acceptors (Lipinski definition) is 6. The number of fused-ring (bicyclic) bond motifs is 1. The Balaban J connectivity index is 1.51. The largest absolute Gasteiger partial charge is 0.497 e. The Kier molecular flexibility index (Phi) is 4.18.